The molecule has 2 fully saturated rings. The van der Waals surface area contributed by atoms with E-state index in [-0.39, 0.29) is 13.2 Å². The molecule has 0 bridgehead atoms. The molecule has 0 aromatic heterocycles. The molecular weight excluding hydrogens is 352 g/mol. The third kappa shape index (κ3) is 8.01. The van der Waals surface area contributed by atoms with Crippen LogP contribution in [0.2, 0.25) is 0 Å². The number of rotatable bonds is 11. The van der Waals surface area contributed by atoms with Crippen LogP contribution in [0, 0.1) is 0 Å². The zero-order valence-electron chi connectivity index (χ0n) is 13.5. The molecule has 0 atom stereocenters. The Morgan fingerprint density at radius 1 is 0.750 bits per heavy atom. The lowest BCUT2D eigenvalue weighted by Crippen LogP contribution is -1.90. The van der Waals surface area contributed by atoms with Crippen molar-refractivity contribution >= 4 is 35.8 Å². The third-order valence-electron chi connectivity index (χ3n) is 3.28. The van der Waals surface area contributed by atoms with Gasteiger partial charge in [-0.25, -0.2) is 9.59 Å². The highest BCUT2D eigenvalue weighted by molar-refractivity contribution is 7.99. The van der Waals surface area contributed by atoms with Crippen LogP contribution in [0.5, 0.6) is 0 Å². The van der Waals surface area contributed by atoms with Gasteiger partial charge in [-0.3, -0.25) is 0 Å². The highest BCUT2D eigenvalue weighted by Gasteiger charge is 2.18. The SMILES string of the molecule is O=C1OCC(=CCSCCCCCCSCC=C2COC(=O)O2)O1. The van der Waals surface area contributed by atoms with E-state index >= 15 is 0 Å². The van der Waals surface area contributed by atoms with Crippen molar-refractivity contribution in [2.45, 2.75) is 25.7 Å². The van der Waals surface area contributed by atoms with Crippen LogP contribution in [0.25, 0.3) is 0 Å². The van der Waals surface area contributed by atoms with Gasteiger partial charge in [0.2, 0.25) is 0 Å². The maximum absolute atomic E-state index is 10.7. The van der Waals surface area contributed by atoms with Crippen molar-refractivity contribution in [3.05, 3.63) is 23.7 Å². The molecular formula is C16H22O6S2. The zero-order chi connectivity index (χ0) is 17.0. The first-order valence-electron chi connectivity index (χ1n) is 7.97. The predicted octanol–water partition coefficient (Wildman–Crippen LogP) is 4.11. The van der Waals surface area contributed by atoms with Crippen LogP contribution in [-0.2, 0) is 18.9 Å². The topological polar surface area (TPSA) is 71.1 Å². The van der Waals surface area contributed by atoms with Crippen LogP contribution in [0.1, 0.15) is 25.7 Å². The fourth-order valence-electron chi connectivity index (χ4n) is 2.03. The molecule has 0 spiro atoms. The molecule has 0 unspecified atom stereocenters. The van der Waals surface area contributed by atoms with E-state index in [9.17, 15) is 9.59 Å². The van der Waals surface area contributed by atoms with Gasteiger partial charge in [0.1, 0.15) is 11.5 Å². The molecule has 0 aromatic rings. The van der Waals surface area contributed by atoms with Gasteiger partial charge in [0, 0.05) is 11.5 Å². The van der Waals surface area contributed by atoms with Gasteiger partial charge in [0.15, 0.2) is 13.2 Å². The van der Waals surface area contributed by atoms with Crippen molar-refractivity contribution in [3.63, 3.8) is 0 Å². The average molecular weight is 374 g/mol. The first-order chi connectivity index (χ1) is 11.7. The lowest BCUT2D eigenvalue weighted by Gasteiger charge is -2.01. The molecule has 2 heterocycles. The smallest absolute Gasteiger partial charge is 0.426 e. The number of carbonyl (C=O) groups is 2. The van der Waals surface area contributed by atoms with Crippen LogP contribution in [0.3, 0.4) is 0 Å². The van der Waals surface area contributed by atoms with Gasteiger partial charge in [-0.15, -0.1) is 0 Å². The van der Waals surface area contributed by atoms with Crippen molar-refractivity contribution in [1.82, 2.24) is 0 Å². The molecule has 0 amide bonds. The molecule has 8 heteroatoms. The fourth-order valence-corrected chi connectivity index (χ4v) is 3.78. The summed E-state index contributed by atoms with van der Waals surface area (Å²) in [5, 5.41) is 0. The van der Waals surface area contributed by atoms with Gasteiger partial charge in [0.25, 0.3) is 0 Å². The number of hydrogen-bond acceptors (Lipinski definition) is 8. The standard InChI is InChI=1S/C16H22O6S2/c17-15-19-11-13(21-15)5-9-23-7-3-1-2-4-8-24-10-6-14-12-20-16(18)22-14/h5-6H,1-4,7-12H2. The molecule has 2 saturated heterocycles. The normalized spacial score (nSPS) is 20.2. The van der Waals surface area contributed by atoms with Crippen LogP contribution in [0.15, 0.2) is 23.7 Å². The monoisotopic (exact) mass is 374 g/mol. The third-order valence-corrected chi connectivity index (χ3v) is 5.24. The number of cyclic esters (lactones) is 4. The lowest BCUT2D eigenvalue weighted by atomic mass is 10.2. The molecule has 24 heavy (non-hydrogen) atoms. The highest BCUT2D eigenvalue weighted by atomic mass is 32.2. The maximum Gasteiger partial charge on any atom is 0.514 e. The molecule has 0 N–H and O–H groups in total. The second-order valence-corrected chi connectivity index (χ2v) is 7.49. The largest absolute Gasteiger partial charge is 0.514 e. The average Bonchev–Trinajstić information content (AvgIpc) is 3.17. The summed E-state index contributed by atoms with van der Waals surface area (Å²) < 4.78 is 19.0. The molecule has 0 radical (unpaired) electrons. The van der Waals surface area contributed by atoms with Gasteiger partial charge < -0.3 is 18.9 Å². The van der Waals surface area contributed by atoms with Crippen LogP contribution in [-0.4, -0.2) is 48.5 Å². The summed E-state index contributed by atoms with van der Waals surface area (Å²) in [4.78, 5) is 21.4. The minimum absolute atomic E-state index is 0.267. The summed E-state index contributed by atoms with van der Waals surface area (Å²) in [6.45, 7) is 0.534. The zero-order valence-corrected chi connectivity index (χ0v) is 15.1. The summed E-state index contributed by atoms with van der Waals surface area (Å²) in [5.74, 6) is 5.18. The van der Waals surface area contributed by atoms with Crippen molar-refractivity contribution in [3.8, 4) is 0 Å². The number of carbonyl (C=O) groups excluding carboxylic acids is 2. The van der Waals surface area contributed by atoms with Gasteiger partial charge in [-0.05, 0) is 36.5 Å². The van der Waals surface area contributed by atoms with Crippen LogP contribution < -0.4 is 0 Å². The fraction of sp³-hybridized carbons (Fsp3) is 0.625. The summed E-state index contributed by atoms with van der Waals surface area (Å²) in [7, 11) is 0. The van der Waals surface area contributed by atoms with E-state index in [1.807, 2.05) is 35.7 Å². The lowest BCUT2D eigenvalue weighted by molar-refractivity contribution is 0.135. The van der Waals surface area contributed by atoms with Gasteiger partial charge in [-0.1, -0.05) is 12.8 Å². The molecule has 134 valence electrons. The Bertz CT molecular complexity index is 445. The Morgan fingerprint density at radius 2 is 1.21 bits per heavy atom. The molecule has 0 aromatic carbocycles. The number of thioether (sulfide) groups is 2. The van der Waals surface area contributed by atoms with Crippen molar-refractivity contribution in [1.29, 1.82) is 0 Å². The van der Waals surface area contributed by atoms with E-state index in [1.54, 1.807) is 0 Å². The second-order valence-electron chi connectivity index (χ2n) is 5.19. The van der Waals surface area contributed by atoms with E-state index in [4.69, 9.17) is 9.47 Å². The Labute approximate surface area is 150 Å². The van der Waals surface area contributed by atoms with Crippen LogP contribution >= 0.6 is 23.5 Å². The van der Waals surface area contributed by atoms with E-state index in [2.05, 4.69) is 9.47 Å². The summed E-state index contributed by atoms with van der Waals surface area (Å²) >= 11 is 3.68. The molecule has 2 aliphatic heterocycles. The molecule has 2 rings (SSSR count). The van der Waals surface area contributed by atoms with E-state index in [0.29, 0.717) is 11.5 Å². The highest BCUT2D eigenvalue weighted by Crippen LogP contribution is 2.15. The van der Waals surface area contributed by atoms with Crippen molar-refractivity contribution in [2.75, 3.05) is 36.2 Å². The number of unbranched alkanes of at least 4 members (excludes halogenated alkanes) is 3. The first-order valence-corrected chi connectivity index (χ1v) is 10.3. The molecule has 2 aliphatic rings. The Morgan fingerprint density at radius 3 is 1.58 bits per heavy atom. The van der Waals surface area contributed by atoms with Crippen LogP contribution in [0.4, 0.5) is 9.59 Å². The van der Waals surface area contributed by atoms with E-state index < -0.39 is 12.3 Å². The molecule has 0 saturated carbocycles. The Hall–Kier alpha value is -1.28. The first kappa shape index (κ1) is 19.1. The minimum Gasteiger partial charge on any atom is -0.426 e. The summed E-state index contributed by atoms with van der Waals surface area (Å²) in [5.41, 5.74) is 0. The van der Waals surface area contributed by atoms with Crippen molar-refractivity contribution in [2.24, 2.45) is 0 Å². The summed E-state index contributed by atoms with van der Waals surface area (Å²) in [6, 6.07) is 0. The Kier molecular flexibility index (Phi) is 8.97. The van der Waals surface area contributed by atoms with Gasteiger partial charge in [0.05, 0.1) is 0 Å². The number of ether oxygens (including phenoxy) is 4. The predicted molar refractivity (Wildman–Crippen MR) is 94.2 cm³/mol. The molecule has 6 nitrogen and oxygen atoms in total. The van der Waals surface area contributed by atoms with Gasteiger partial charge >= 0.3 is 12.3 Å². The number of hydrogen-bond donors (Lipinski definition) is 0. The van der Waals surface area contributed by atoms with E-state index in [1.165, 1.54) is 25.7 Å². The minimum atomic E-state index is -0.599. The quantitative estimate of drug-likeness (QED) is 0.395. The maximum atomic E-state index is 10.7. The van der Waals surface area contributed by atoms with Crippen molar-refractivity contribution < 1.29 is 28.5 Å². The molecule has 0 aliphatic carbocycles. The van der Waals surface area contributed by atoms with Gasteiger partial charge in [-0.2, -0.15) is 23.5 Å². The second kappa shape index (κ2) is 11.3. The van der Waals surface area contributed by atoms with E-state index in [0.717, 1.165) is 23.0 Å². The summed E-state index contributed by atoms with van der Waals surface area (Å²) in [6.07, 6.45) is 7.48. The Balaban J connectivity index is 1.33.